The standard InChI is InChI=1S/C21H32O/c1-2-16-22-21-14-12-20(13-15-21)19-10-8-18(9-11-19)17-6-4-3-5-7-17/h12-15,17-19H,2-11,16H2,1H3. The van der Waals surface area contributed by atoms with Crippen LogP contribution in [0.3, 0.4) is 0 Å². The van der Waals surface area contributed by atoms with Crippen LogP contribution in [-0.4, -0.2) is 6.61 Å². The number of hydrogen-bond donors (Lipinski definition) is 0. The molecule has 3 rings (SSSR count). The molecule has 0 radical (unpaired) electrons. The van der Waals surface area contributed by atoms with E-state index in [-0.39, 0.29) is 0 Å². The maximum Gasteiger partial charge on any atom is 0.119 e. The summed E-state index contributed by atoms with van der Waals surface area (Å²) < 4.78 is 5.69. The summed E-state index contributed by atoms with van der Waals surface area (Å²) in [6, 6.07) is 8.93. The molecule has 0 atom stereocenters. The highest BCUT2D eigenvalue weighted by molar-refractivity contribution is 5.29. The molecule has 0 bridgehead atoms. The Morgan fingerprint density at radius 2 is 1.45 bits per heavy atom. The first kappa shape index (κ1) is 15.9. The second-order valence-electron chi connectivity index (χ2n) is 7.43. The lowest BCUT2D eigenvalue weighted by molar-refractivity contribution is 0.186. The fourth-order valence-electron chi connectivity index (χ4n) is 4.59. The third kappa shape index (κ3) is 4.06. The molecular formula is C21H32O. The van der Waals surface area contributed by atoms with Crippen LogP contribution in [0.15, 0.2) is 24.3 Å². The molecule has 0 spiro atoms. The van der Waals surface area contributed by atoms with Gasteiger partial charge >= 0.3 is 0 Å². The van der Waals surface area contributed by atoms with E-state index in [0.29, 0.717) is 0 Å². The third-order valence-electron chi connectivity index (χ3n) is 5.91. The summed E-state index contributed by atoms with van der Waals surface area (Å²) >= 11 is 0. The van der Waals surface area contributed by atoms with Gasteiger partial charge in [-0.3, -0.25) is 0 Å². The molecule has 122 valence electrons. The Bertz CT molecular complexity index is 422. The van der Waals surface area contributed by atoms with Crippen LogP contribution < -0.4 is 4.74 Å². The Morgan fingerprint density at radius 1 is 0.818 bits per heavy atom. The maximum absolute atomic E-state index is 5.69. The zero-order valence-electron chi connectivity index (χ0n) is 14.2. The number of ether oxygens (including phenoxy) is 1. The SMILES string of the molecule is CCCOc1ccc(C2CCC(C3CCCCC3)CC2)cc1. The van der Waals surface area contributed by atoms with Crippen molar-refractivity contribution in [2.75, 3.05) is 6.61 Å². The topological polar surface area (TPSA) is 9.23 Å². The molecule has 2 saturated carbocycles. The van der Waals surface area contributed by atoms with E-state index in [4.69, 9.17) is 4.74 Å². The minimum absolute atomic E-state index is 0.792. The largest absolute Gasteiger partial charge is 0.494 e. The van der Waals surface area contributed by atoms with E-state index >= 15 is 0 Å². The van der Waals surface area contributed by atoms with Gasteiger partial charge in [0, 0.05) is 0 Å². The van der Waals surface area contributed by atoms with Crippen molar-refractivity contribution in [3.63, 3.8) is 0 Å². The second-order valence-corrected chi connectivity index (χ2v) is 7.43. The van der Waals surface area contributed by atoms with E-state index in [9.17, 15) is 0 Å². The van der Waals surface area contributed by atoms with Crippen LogP contribution in [0, 0.1) is 11.8 Å². The monoisotopic (exact) mass is 300 g/mol. The molecule has 1 heteroatoms. The predicted octanol–water partition coefficient (Wildman–Crippen LogP) is 6.33. The summed E-state index contributed by atoms with van der Waals surface area (Å²) in [4.78, 5) is 0. The first-order chi connectivity index (χ1) is 10.9. The minimum atomic E-state index is 0.792. The molecule has 0 amide bonds. The lowest BCUT2D eigenvalue weighted by Crippen LogP contribution is -2.23. The predicted molar refractivity (Wildman–Crippen MR) is 93.5 cm³/mol. The van der Waals surface area contributed by atoms with Crippen LogP contribution in [-0.2, 0) is 0 Å². The van der Waals surface area contributed by atoms with Crippen LogP contribution >= 0.6 is 0 Å². The van der Waals surface area contributed by atoms with Crippen LogP contribution in [0.5, 0.6) is 5.75 Å². The fraction of sp³-hybridized carbons (Fsp3) is 0.714. The molecule has 0 unspecified atom stereocenters. The Labute approximate surface area is 136 Å². The van der Waals surface area contributed by atoms with Gasteiger partial charge in [-0.15, -0.1) is 0 Å². The highest BCUT2D eigenvalue weighted by Crippen LogP contribution is 2.43. The molecule has 0 N–H and O–H groups in total. The number of benzene rings is 1. The van der Waals surface area contributed by atoms with Gasteiger partial charge in [0.15, 0.2) is 0 Å². The number of hydrogen-bond acceptors (Lipinski definition) is 1. The van der Waals surface area contributed by atoms with Crippen molar-refractivity contribution in [2.45, 2.75) is 77.0 Å². The van der Waals surface area contributed by atoms with Crippen molar-refractivity contribution in [1.29, 1.82) is 0 Å². The third-order valence-corrected chi connectivity index (χ3v) is 5.91. The lowest BCUT2D eigenvalue weighted by atomic mass is 9.70. The molecule has 1 aromatic carbocycles. The van der Waals surface area contributed by atoms with Gasteiger partial charge in [0.1, 0.15) is 5.75 Å². The quantitative estimate of drug-likeness (QED) is 0.617. The Balaban J connectivity index is 1.50. The second kappa shape index (κ2) is 8.04. The first-order valence-electron chi connectivity index (χ1n) is 9.59. The average Bonchev–Trinajstić information content (AvgIpc) is 2.61. The summed E-state index contributed by atoms with van der Waals surface area (Å²) in [6.45, 7) is 2.98. The van der Waals surface area contributed by atoms with E-state index in [1.54, 1.807) is 0 Å². The van der Waals surface area contributed by atoms with E-state index in [1.807, 2.05) is 0 Å². The molecular weight excluding hydrogens is 268 g/mol. The van der Waals surface area contributed by atoms with Crippen LogP contribution in [0.25, 0.3) is 0 Å². The van der Waals surface area contributed by atoms with E-state index < -0.39 is 0 Å². The van der Waals surface area contributed by atoms with Gasteiger partial charge in [-0.05, 0) is 67.6 Å². The number of rotatable bonds is 5. The summed E-state index contributed by atoms with van der Waals surface area (Å²) in [6.07, 6.45) is 14.3. The molecule has 1 nitrogen and oxygen atoms in total. The minimum Gasteiger partial charge on any atom is -0.494 e. The molecule has 2 fully saturated rings. The highest BCUT2D eigenvalue weighted by Gasteiger charge is 2.28. The molecule has 2 aliphatic rings. The van der Waals surface area contributed by atoms with Crippen LogP contribution in [0.4, 0.5) is 0 Å². The maximum atomic E-state index is 5.69. The van der Waals surface area contributed by atoms with Crippen molar-refractivity contribution in [2.24, 2.45) is 11.8 Å². The van der Waals surface area contributed by atoms with E-state index in [2.05, 4.69) is 31.2 Å². The fourth-order valence-corrected chi connectivity index (χ4v) is 4.59. The van der Waals surface area contributed by atoms with Crippen molar-refractivity contribution >= 4 is 0 Å². The van der Waals surface area contributed by atoms with Crippen molar-refractivity contribution in [3.05, 3.63) is 29.8 Å². The van der Waals surface area contributed by atoms with Gasteiger partial charge in [-0.1, -0.05) is 51.2 Å². The van der Waals surface area contributed by atoms with Gasteiger partial charge in [-0.25, -0.2) is 0 Å². The lowest BCUT2D eigenvalue weighted by Gasteiger charge is -2.36. The Morgan fingerprint density at radius 3 is 2.09 bits per heavy atom. The van der Waals surface area contributed by atoms with E-state index in [1.165, 1.54) is 63.4 Å². The van der Waals surface area contributed by atoms with Crippen molar-refractivity contribution in [3.8, 4) is 5.75 Å². The molecule has 22 heavy (non-hydrogen) atoms. The molecule has 2 aliphatic carbocycles. The zero-order valence-corrected chi connectivity index (χ0v) is 14.2. The molecule has 0 aliphatic heterocycles. The molecule has 0 heterocycles. The molecule has 1 aromatic rings. The normalized spacial score (nSPS) is 26.8. The van der Waals surface area contributed by atoms with Crippen LogP contribution in [0.1, 0.15) is 82.6 Å². The van der Waals surface area contributed by atoms with Crippen molar-refractivity contribution < 1.29 is 4.74 Å². The Hall–Kier alpha value is -0.980. The molecule has 0 saturated heterocycles. The summed E-state index contributed by atoms with van der Waals surface area (Å²) in [5.74, 6) is 3.91. The highest BCUT2D eigenvalue weighted by atomic mass is 16.5. The van der Waals surface area contributed by atoms with Crippen LogP contribution in [0.2, 0.25) is 0 Å². The summed E-state index contributed by atoms with van der Waals surface area (Å²) in [5.41, 5.74) is 1.53. The summed E-state index contributed by atoms with van der Waals surface area (Å²) in [7, 11) is 0. The summed E-state index contributed by atoms with van der Waals surface area (Å²) in [5, 5.41) is 0. The van der Waals surface area contributed by atoms with E-state index in [0.717, 1.165) is 36.5 Å². The zero-order chi connectivity index (χ0) is 15.2. The van der Waals surface area contributed by atoms with Crippen molar-refractivity contribution in [1.82, 2.24) is 0 Å². The van der Waals surface area contributed by atoms with Gasteiger partial charge in [-0.2, -0.15) is 0 Å². The smallest absolute Gasteiger partial charge is 0.119 e. The average molecular weight is 300 g/mol. The Kier molecular flexibility index (Phi) is 5.81. The molecule has 0 aromatic heterocycles. The van der Waals surface area contributed by atoms with Gasteiger partial charge < -0.3 is 4.74 Å². The van der Waals surface area contributed by atoms with Gasteiger partial charge in [0.2, 0.25) is 0 Å². The first-order valence-corrected chi connectivity index (χ1v) is 9.59. The van der Waals surface area contributed by atoms with Gasteiger partial charge in [0.25, 0.3) is 0 Å². The van der Waals surface area contributed by atoms with Gasteiger partial charge in [0.05, 0.1) is 6.61 Å².